The number of rotatable bonds is 6. The molecule has 9 heteroatoms. The fourth-order valence-corrected chi connectivity index (χ4v) is 2.77. The maximum Gasteiger partial charge on any atom is 0.347 e. The van der Waals surface area contributed by atoms with Crippen LogP contribution in [0.1, 0.15) is 34.0 Å². The number of hydrogen-bond acceptors (Lipinski definition) is 7. The second-order valence-corrected chi connectivity index (χ2v) is 6.01. The number of nitrogens with one attached hydrogen (secondary N) is 1. The molecular weight excluding hydrogens is 318 g/mol. The molecule has 2 heterocycles. The molecule has 0 bridgehead atoms. The predicted molar refractivity (Wildman–Crippen MR) is 85.5 cm³/mol. The first kappa shape index (κ1) is 17.0. The molecular formula is C14H17N5O3S. The molecule has 0 aromatic carbocycles. The minimum absolute atomic E-state index is 0.0589. The van der Waals surface area contributed by atoms with Crippen molar-refractivity contribution in [1.82, 2.24) is 19.9 Å². The second-order valence-electron chi connectivity index (χ2n) is 5.01. The third-order valence-electron chi connectivity index (χ3n) is 3.32. The highest BCUT2D eigenvalue weighted by Gasteiger charge is 2.18. The van der Waals surface area contributed by atoms with Crippen molar-refractivity contribution in [2.45, 2.75) is 19.9 Å². The first-order valence-corrected chi connectivity index (χ1v) is 7.67. The van der Waals surface area contributed by atoms with Gasteiger partial charge in [0.2, 0.25) is 5.91 Å². The van der Waals surface area contributed by atoms with Gasteiger partial charge in [-0.1, -0.05) is 11.3 Å². The van der Waals surface area contributed by atoms with E-state index in [1.165, 1.54) is 6.33 Å². The van der Waals surface area contributed by atoms with Crippen LogP contribution in [0.5, 0.6) is 0 Å². The van der Waals surface area contributed by atoms with E-state index in [2.05, 4.69) is 20.3 Å². The van der Waals surface area contributed by atoms with E-state index in [4.69, 9.17) is 5.11 Å². The number of aromatic nitrogens is 3. The van der Waals surface area contributed by atoms with Crippen molar-refractivity contribution in [1.29, 1.82) is 0 Å². The van der Waals surface area contributed by atoms with Gasteiger partial charge >= 0.3 is 5.97 Å². The zero-order chi connectivity index (χ0) is 17.0. The van der Waals surface area contributed by atoms with E-state index >= 15 is 0 Å². The molecule has 2 aromatic rings. The molecule has 0 aliphatic carbocycles. The zero-order valence-electron chi connectivity index (χ0n) is 13.0. The van der Waals surface area contributed by atoms with E-state index in [-0.39, 0.29) is 28.5 Å². The summed E-state index contributed by atoms with van der Waals surface area (Å²) >= 11 is 0.946. The Balaban J connectivity index is 1.96. The summed E-state index contributed by atoms with van der Waals surface area (Å²) in [6, 6.07) is 1.74. The summed E-state index contributed by atoms with van der Waals surface area (Å²) in [5.74, 6) is -1.31. The number of aromatic carboxylic acids is 1. The van der Waals surface area contributed by atoms with E-state index in [9.17, 15) is 9.59 Å². The van der Waals surface area contributed by atoms with Gasteiger partial charge in [-0.25, -0.2) is 19.7 Å². The molecule has 0 spiro atoms. The van der Waals surface area contributed by atoms with Crippen LogP contribution in [-0.2, 0) is 4.79 Å². The van der Waals surface area contributed by atoms with Crippen LogP contribution in [0.25, 0.3) is 0 Å². The van der Waals surface area contributed by atoms with E-state index in [1.807, 2.05) is 18.9 Å². The number of carboxylic acid groups (broad SMARTS) is 1. The maximum atomic E-state index is 12.1. The van der Waals surface area contributed by atoms with Crippen molar-refractivity contribution < 1.29 is 14.7 Å². The molecule has 2 N–H and O–H groups in total. The first-order valence-electron chi connectivity index (χ1n) is 6.85. The van der Waals surface area contributed by atoms with Crippen LogP contribution in [0.4, 0.5) is 5.13 Å². The molecule has 2 rings (SSSR count). The molecule has 0 saturated carbocycles. The topological polar surface area (TPSA) is 108 Å². The van der Waals surface area contributed by atoms with Crippen LogP contribution >= 0.6 is 11.3 Å². The standard InChI is InChI=1S/C14H17N5O3S/c1-8-12(13(21)22)23-14(17-8)18-11(20)6-19(3)9(2)10-4-5-15-7-16-10/h4-5,7,9H,6H2,1-3H3,(H,21,22)(H,17,18,20)/t9-/m1/s1. The number of carbonyl (C=O) groups excluding carboxylic acids is 1. The second kappa shape index (κ2) is 7.25. The molecule has 0 aliphatic heterocycles. The minimum atomic E-state index is -1.05. The fourth-order valence-electron chi connectivity index (χ4n) is 1.94. The molecule has 0 radical (unpaired) electrons. The number of thiazole rings is 1. The Hall–Kier alpha value is -2.39. The van der Waals surface area contributed by atoms with Crippen molar-refractivity contribution in [2.75, 3.05) is 18.9 Å². The monoisotopic (exact) mass is 335 g/mol. The third-order valence-corrected chi connectivity index (χ3v) is 4.39. The zero-order valence-corrected chi connectivity index (χ0v) is 13.8. The van der Waals surface area contributed by atoms with Crippen LogP contribution in [0, 0.1) is 6.92 Å². The predicted octanol–water partition coefficient (Wildman–Crippen LogP) is 1.57. The summed E-state index contributed by atoms with van der Waals surface area (Å²) in [7, 11) is 1.81. The van der Waals surface area contributed by atoms with Gasteiger partial charge in [0.15, 0.2) is 5.13 Å². The van der Waals surface area contributed by atoms with Gasteiger partial charge < -0.3 is 10.4 Å². The SMILES string of the molecule is Cc1nc(NC(=O)CN(C)[C@H](C)c2ccncn2)sc1C(=O)O. The number of amides is 1. The normalized spacial score (nSPS) is 12.2. The molecule has 0 unspecified atom stereocenters. The Labute approximate surface area is 137 Å². The van der Waals surface area contributed by atoms with Gasteiger partial charge in [0.05, 0.1) is 17.9 Å². The molecule has 1 amide bonds. The Morgan fingerprint density at radius 2 is 2.22 bits per heavy atom. The Bertz CT molecular complexity index is 704. The van der Waals surface area contributed by atoms with Crippen molar-refractivity contribution in [3.8, 4) is 0 Å². The number of carboxylic acids is 1. The summed E-state index contributed by atoms with van der Waals surface area (Å²) in [5.41, 5.74) is 1.20. The molecule has 0 fully saturated rings. The van der Waals surface area contributed by atoms with Gasteiger partial charge in [0.25, 0.3) is 0 Å². The van der Waals surface area contributed by atoms with Crippen LogP contribution in [0.15, 0.2) is 18.6 Å². The molecule has 0 saturated heterocycles. The molecule has 2 aromatic heterocycles. The number of carbonyl (C=O) groups is 2. The molecule has 1 atom stereocenters. The van der Waals surface area contributed by atoms with E-state index in [0.29, 0.717) is 5.69 Å². The minimum Gasteiger partial charge on any atom is -0.477 e. The lowest BCUT2D eigenvalue weighted by Crippen LogP contribution is -2.32. The van der Waals surface area contributed by atoms with E-state index in [1.54, 1.807) is 19.2 Å². The summed E-state index contributed by atoms with van der Waals surface area (Å²) in [4.78, 5) is 37.1. The van der Waals surface area contributed by atoms with Crippen molar-refractivity contribution in [2.24, 2.45) is 0 Å². The summed E-state index contributed by atoms with van der Waals surface area (Å²) in [6.07, 6.45) is 3.12. The summed E-state index contributed by atoms with van der Waals surface area (Å²) in [5, 5.41) is 11.9. The highest BCUT2D eigenvalue weighted by Crippen LogP contribution is 2.22. The quantitative estimate of drug-likeness (QED) is 0.825. The van der Waals surface area contributed by atoms with Gasteiger partial charge in [-0.05, 0) is 27.0 Å². The van der Waals surface area contributed by atoms with Crippen molar-refractivity contribution >= 4 is 28.3 Å². The molecule has 23 heavy (non-hydrogen) atoms. The number of hydrogen-bond donors (Lipinski definition) is 2. The highest BCUT2D eigenvalue weighted by atomic mass is 32.1. The Morgan fingerprint density at radius 1 is 1.48 bits per heavy atom. The van der Waals surface area contributed by atoms with Crippen molar-refractivity contribution in [3.05, 3.63) is 34.9 Å². The average Bonchev–Trinajstić information content (AvgIpc) is 2.87. The smallest absolute Gasteiger partial charge is 0.347 e. The Morgan fingerprint density at radius 3 is 2.78 bits per heavy atom. The number of aryl methyl sites for hydroxylation is 1. The van der Waals surface area contributed by atoms with Gasteiger partial charge in [-0.3, -0.25) is 9.69 Å². The molecule has 8 nitrogen and oxygen atoms in total. The number of nitrogens with zero attached hydrogens (tertiary/aromatic N) is 4. The van der Waals surface area contributed by atoms with Gasteiger partial charge in [-0.2, -0.15) is 0 Å². The maximum absolute atomic E-state index is 12.1. The molecule has 122 valence electrons. The lowest BCUT2D eigenvalue weighted by Gasteiger charge is -2.23. The summed E-state index contributed by atoms with van der Waals surface area (Å²) < 4.78 is 0. The lowest BCUT2D eigenvalue weighted by atomic mass is 10.2. The fraction of sp³-hybridized carbons (Fsp3) is 0.357. The molecule has 0 aliphatic rings. The summed E-state index contributed by atoms with van der Waals surface area (Å²) in [6.45, 7) is 3.66. The van der Waals surface area contributed by atoms with Crippen LogP contribution in [0.3, 0.4) is 0 Å². The van der Waals surface area contributed by atoms with Gasteiger partial charge in [0, 0.05) is 12.2 Å². The van der Waals surface area contributed by atoms with E-state index in [0.717, 1.165) is 17.0 Å². The first-order chi connectivity index (χ1) is 10.9. The Kier molecular flexibility index (Phi) is 5.35. The highest BCUT2D eigenvalue weighted by molar-refractivity contribution is 7.17. The van der Waals surface area contributed by atoms with E-state index < -0.39 is 5.97 Å². The van der Waals surface area contributed by atoms with Gasteiger partial charge in [0.1, 0.15) is 11.2 Å². The van der Waals surface area contributed by atoms with Crippen LogP contribution in [-0.4, -0.2) is 50.4 Å². The largest absolute Gasteiger partial charge is 0.477 e. The number of anilines is 1. The third kappa shape index (κ3) is 4.30. The van der Waals surface area contributed by atoms with Crippen LogP contribution in [0.2, 0.25) is 0 Å². The van der Waals surface area contributed by atoms with Gasteiger partial charge in [-0.15, -0.1) is 0 Å². The van der Waals surface area contributed by atoms with Crippen LogP contribution < -0.4 is 5.32 Å². The number of likely N-dealkylation sites (N-methyl/N-ethyl adjacent to an activating group) is 1. The average molecular weight is 335 g/mol. The lowest BCUT2D eigenvalue weighted by molar-refractivity contribution is -0.117. The van der Waals surface area contributed by atoms with Crippen molar-refractivity contribution in [3.63, 3.8) is 0 Å².